The maximum Gasteiger partial charge on any atom is 0.288 e. The fraction of sp³-hybridized carbons (Fsp3) is 0.185. The second kappa shape index (κ2) is 11.0. The van der Waals surface area contributed by atoms with Gasteiger partial charge in [0, 0.05) is 55.3 Å². The van der Waals surface area contributed by atoms with E-state index in [1.165, 1.54) is 24.3 Å². The number of hydrogen-bond donors (Lipinski definition) is 1. The van der Waals surface area contributed by atoms with E-state index in [1.807, 2.05) is 60.4 Å². The van der Waals surface area contributed by atoms with Crippen LogP contribution in [0.3, 0.4) is 0 Å². The van der Waals surface area contributed by atoms with E-state index in [0.29, 0.717) is 29.9 Å². The number of rotatable bonds is 6. The minimum atomic E-state index is -0.566. The molecule has 0 atom stereocenters. The molecule has 1 fully saturated rings. The van der Waals surface area contributed by atoms with Crippen LogP contribution in [0.2, 0.25) is 5.02 Å². The molecule has 3 aromatic rings. The third-order valence-electron chi connectivity index (χ3n) is 5.96. The second-order valence-corrected chi connectivity index (χ2v) is 8.89. The average Bonchev–Trinajstić information content (AvgIpc) is 2.88. The highest BCUT2D eigenvalue weighted by Crippen LogP contribution is 2.26. The fourth-order valence-electron chi connectivity index (χ4n) is 3.93. The van der Waals surface area contributed by atoms with Crippen molar-refractivity contribution < 1.29 is 14.5 Å². The van der Waals surface area contributed by atoms with Crippen molar-refractivity contribution in [3.8, 4) is 0 Å². The number of anilines is 2. The molecule has 9 heteroatoms. The lowest BCUT2D eigenvalue weighted by atomic mass is 10.1. The Bertz CT molecular complexity index is 1300. The van der Waals surface area contributed by atoms with Crippen molar-refractivity contribution in [3.63, 3.8) is 0 Å². The molecule has 1 saturated heterocycles. The highest BCUT2D eigenvalue weighted by atomic mass is 35.5. The molecule has 0 saturated carbocycles. The van der Waals surface area contributed by atoms with Crippen LogP contribution in [0.1, 0.15) is 21.5 Å². The number of benzene rings is 3. The number of halogens is 1. The fourth-order valence-corrected chi connectivity index (χ4v) is 4.12. The van der Waals surface area contributed by atoms with Crippen molar-refractivity contribution in [1.82, 2.24) is 4.90 Å². The van der Waals surface area contributed by atoms with Gasteiger partial charge in [0.1, 0.15) is 5.02 Å². The van der Waals surface area contributed by atoms with Crippen LogP contribution < -0.4 is 10.2 Å². The molecule has 1 aliphatic rings. The molecule has 0 radical (unpaired) electrons. The Morgan fingerprint density at radius 1 is 0.972 bits per heavy atom. The number of nitro groups is 1. The van der Waals surface area contributed by atoms with Gasteiger partial charge in [-0.3, -0.25) is 19.7 Å². The van der Waals surface area contributed by atoms with Gasteiger partial charge in [-0.15, -0.1) is 0 Å². The summed E-state index contributed by atoms with van der Waals surface area (Å²) in [6.45, 7) is 4.72. The lowest BCUT2D eigenvalue weighted by molar-refractivity contribution is -0.384. The van der Waals surface area contributed by atoms with Crippen LogP contribution in [0.5, 0.6) is 0 Å². The largest absolute Gasteiger partial charge is 0.368 e. The summed E-state index contributed by atoms with van der Waals surface area (Å²) < 4.78 is 0. The Morgan fingerprint density at radius 2 is 1.64 bits per heavy atom. The number of nitro benzene ring substituents is 1. The van der Waals surface area contributed by atoms with E-state index in [1.54, 1.807) is 6.07 Å². The van der Waals surface area contributed by atoms with Gasteiger partial charge in [-0.2, -0.15) is 0 Å². The molecule has 0 unspecified atom stereocenters. The molecule has 184 valence electrons. The molecule has 1 aliphatic heterocycles. The predicted octanol–water partition coefficient (Wildman–Crippen LogP) is 5.17. The third-order valence-corrected chi connectivity index (χ3v) is 6.28. The summed E-state index contributed by atoms with van der Waals surface area (Å²) in [6, 6.07) is 19.5. The van der Waals surface area contributed by atoms with Gasteiger partial charge in [0.25, 0.3) is 11.6 Å². The van der Waals surface area contributed by atoms with E-state index >= 15 is 0 Å². The molecule has 1 N–H and O–H groups in total. The van der Waals surface area contributed by atoms with Crippen LogP contribution in [-0.4, -0.2) is 47.8 Å². The van der Waals surface area contributed by atoms with Crippen LogP contribution in [0.25, 0.3) is 6.08 Å². The maximum atomic E-state index is 12.7. The van der Waals surface area contributed by atoms with E-state index in [0.717, 1.165) is 24.3 Å². The number of carbonyl (C=O) groups is 2. The Kier molecular flexibility index (Phi) is 7.65. The van der Waals surface area contributed by atoms with E-state index in [2.05, 4.69) is 10.2 Å². The Labute approximate surface area is 213 Å². The normalized spacial score (nSPS) is 13.6. The van der Waals surface area contributed by atoms with Crippen LogP contribution in [0.4, 0.5) is 17.1 Å². The number of hydrogen-bond acceptors (Lipinski definition) is 5. The number of nitrogens with zero attached hydrogens (tertiary/aromatic N) is 3. The van der Waals surface area contributed by atoms with Crippen molar-refractivity contribution in [2.45, 2.75) is 6.92 Å². The number of piperazine rings is 1. The zero-order chi connectivity index (χ0) is 25.7. The summed E-state index contributed by atoms with van der Waals surface area (Å²) in [5.41, 5.74) is 3.76. The zero-order valence-corrected chi connectivity index (χ0v) is 20.4. The van der Waals surface area contributed by atoms with E-state index < -0.39 is 4.92 Å². The van der Waals surface area contributed by atoms with Gasteiger partial charge in [-0.05, 0) is 61.0 Å². The van der Waals surface area contributed by atoms with Crippen LogP contribution in [0, 0.1) is 17.0 Å². The highest BCUT2D eigenvalue weighted by Gasteiger charge is 2.22. The van der Waals surface area contributed by atoms with Crippen molar-refractivity contribution in [2.75, 3.05) is 36.4 Å². The lowest BCUT2D eigenvalue weighted by Gasteiger charge is -2.36. The zero-order valence-electron chi connectivity index (χ0n) is 19.7. The summed E-state index contributed by atoms with van der Waals surface area (Å²) >= 11 is 5.82. The first-order valence-corrected chi connectivity index (χ1v) is 11.8. The molecular formula is C27H25ClN4O4. The molecule has 0 aromatic heterocycles. The van der Waals surface area contributed by atoms with Crippen LogP contribution in [0.15, 0.2) is 72.8 Å². The monoisotopic (exact) mass is 504 g/mol. The SMILES string of the molecule is Cc1ccc(C(=O)N2CCN(c3ccc(NC(=O)/C=C/c4ccc(Cl)c([N+](=O)[O-])c4)cc3)CC2)cc1. The Morgan fingerprint density at radius 3 is 2.28 bits per heavy atom. The van der Waals surface area contributed by atoms with Gasteiger partial charge < -0.3 is 15.1 Å². The average molecular weight is 505 g/mol. The molecule has 1 heterocycles. The van der Waals surface area contributed by atoms with Gasteiger partial charge in [-0.1, -0.05) is 35.4 Å². The number of carbonyl (C=O) groups excluding carboxylic acids is 2. The van der Waals surface area contributed by atoms with Gasteiger partial charge in [0.05, 0.1) is 4.92 Å². The van der Waals surface area contributed by atoms with E-state index in [4.69, 9.17) is 11.6 Å². The van der Waals surface area contributed by atoms with Crippen molar-refractivity contribution in [3.05, 3.63) is 105 Å². The summed E-state index contributed by atoms with van der Waals surface area (Å²) in [4.78, 5) is 39.5. The minimum absolute atomic E-state index is 0.0426. The topological polar surface area (TPSA) is 95.8 Å². The van der Waals surface area contributed by atoms with Gasteiger partial charge in [0.15, 0.2) is 0 Å². The lowest BCUT2D eigenvalue weighted by Crippen LogP contribution is -2.48. The van der Waals surface area contributed by atoms with Crippen LogP contribution in [-0.2, 0) is 4.79 Å². The highest BCUT2D eigenvalue weighted by molar-refractivity contribution is 6.32. The van der Waals surface area contributed by atoms with E-state index in [-0.39, 0.29) is 22.5 Å². The predicted molar refractivity (Wildman–Crippen MR) is 142 cm³/mol. The van der Waals surface area contributed by atoms with Crippen molar-refractivity contribution in [2.24, 2.45) is 0 Å². The third kappa shape index (κ3) is 6.09. The molecule has 0 bridgehead atoms. The molecule has 8 nitrogen and oxygen atoms in total. The standard InChI is InChI=1S/C27H25ClN4O4/c1-19-2-6-21(7-3-19)27(34)31-16-14-30(15-17-31)23-10-8-22(9-11-23)29-26(33)13-5-20-4-12-24(28)25(18-20)32(35)36/h2-13,18H,14-17H2,1H3,(H,29,33)/b13-5+. The molecular weight excluding hydrogens is 480 g/mol. The molecule has 2 amide bonds. The van der Waals surface area contributed by atoms with Gasteiger partial charge in [-0.25, -0.2) is 0 Å². The van der Waals surface area contributed by atoms with Gasteiger partial charge >= 0.3 is 0 Å². The number of aryl methyl sites for hydroxylation is 1. The molecule has 0 aliphatic carbocycles. The Balaban J connectivity index is 1.30. The second-order valence-electron chi connectivity index (χ2n) is 8.48. The van der Waals surface area contributed by atoms with E-state index in [9.17, 15) is 19.7 Å². The molecule has 36 heavy (non-hydrogen) atoms. The van der Waals surface area contributed by atoms with Gasteiger partial charge in [0.2, 0.25) is 5.91 Å². The smallest absolute Gasteiger partial charge is 0.288 e. The molecule has 3 aromatic carbocycles. The summed E-state index contributed by atoms with van der Waals surface area (Å²) in [5.74, 6) is -0.308. The van der Waals surface area contributed by atoms with Crippen molar-refractivity contribution in [1.29, 1.82) is 0 Å². The minimum Gasteiger partial charge on any atom is -0.368 e. The first-order chi connectivity index (χ1) is 17.3. The molecule has 4 rings (SSSR count). The number of nitrogens with one attached hydrogen (secondary N) is 1. The first-order valence-electron chi connectivity index (χ1n) is 11.4. The number of amides is 2. The Hall–Kier alpha value is -4.17. The maximum absolute atomic E-state index is 12.7. The summed E-state index contributed by atoms with van der Waals surface area (Å²) in [6.07, 6.45) is 2.80. The van der Waals surface area contributed by atoms with Crippen LogP contribution >= 0.6 is 11.6 Å². The summed E-state index contributed by atoms with van der Waals surface area (Å²) in [5, 5.41) is 13.8. The first kappa shape index (κ1) is 24.9. The quantitative estimate of drug-likeness (QED) is 0.284. The molecule has 0 spiro atoms. The summed E-state index contributed by atoms with van der Waals surface area (Å²) in [7, 11) is 0. The van der Waals surface area contributed by atoms with Crippen molar-refractivity contribution >= 4 is 46.6 Å².